The number of pyridine rings is 2. The zero-order valence-electron chi connectivity index (χ0n) is 15.2. The summed E-state index contributed by atoms with van der Waals surface area (Å²) in [6.45, 7) is 1.42. The quantitative estimate of drug-likeness (QED) is 0.348. The molecule has 0 bridgehead atoms. The van der Waals surface area contributed by atoms with E-state index < -0.39 is 27.4 Å². The van der Waals surface area contributed by atoms with Gasteiger partial charge in [-0.05, 0) is 18.2 Å². The number of nitrogens with one attached hydrogen (secondary N) is 1. The van der Waals surface area contributed by atoms with E-state index in [0.717, 1.165) is 16.9 Å². The number of hydrogen-bond donors (Lipinski definition) is 2. The highest BCUT2D eigenvalue weighted by Crippen LogP contribution is 2.29. The molecule has 3 aromatic rings. The molecule has 0 unspecified atom stereocenters. The molecule has 0 saturated carbocycles. The van der Waals surface area contributed by atoms with Crippen LogP contribution in [-0.4, -0.2) is 50.2 Å². The lowest BCUT2D eigenvalue weighted by Gasteiger charge is -2.12. The van der Waals surface area contributed by atoms with Crippen LogP contribution in [0.25, 0.3) is 5.69 Å². The fourth-order valence-electron chi connectivity index (χ4n) is 2.33. The van der Waals surface area contributed by atoms with Crippen LogP contribution in [0.2, 0.25) is 0 Å². The summed E-state index contributed by atoms with van der Waals surface area (Å²) in [7, 11) is -3.85. The zero-order valence-corrected chi connectivity index (χ0v) is 16.1. The Morgan fingerprint density at radius 1 is 1.20 bits per heavy atom. The monoisotopic (exact) mass is 441 g/mol. The number of hydrogen-bond acceptors (Lipinski definition) is 8. The molecule has 0 aliphatic heterocycles. The van der Waals surface area contributed by atoms with Gasteiger partial charge in [0.05, 0.1) is 34.8 Å². The van der Waals surface area contributed by atoms with Gasteiger partial charge in [0.2, 0.25) is 0 Å². The minimum absolute atomic E-state index is 0.209. The van der Waals surface area contributed by atoms with Crippen LogP contribution < -0.4 is 5.48 Å². The molecule has 3 heterocycles. The predicted octanol–water partition coefficient (Wildman–Crippen LogP) is 1.93. The number of amidine groups is 1. The molecular formula is C16H14F3N7O3S. The van der Waals surface area contributed by atoms with Gasteiger partial charge in [-0.15, -0.1) is 0 Å². The van der Waals surface area contributed by atoms with Gasteiger partial charge in [0, 0.05) is 6.20 Å². The second-order valence-corrected chi connectivity index (χ2v) is 7.98. The van der Waals surface area contributed by atoms with E-state index in [1.165, 1.54) is 31.6 Å². The SMILES string of the molecule is CCS(=O)(=O)c1cc(-n2nccn2)cnc1C(=Nc1ccc(C(F)(F)F)cn1)NO. The summed E-state index contributed by atoms with van der Waals surface area (Å²) < 4.78 is 63.2. The Balaban J connectivity index is 2.10. The molecule has 0 spiro atoms. The van der Waals surface area contributed by atoms with E-state index in [4.69, 9.17) is 0 Å². The molecule has 0 saturated heterocycles. The molecule has 3 aromatic heterocycles. The van der Waals surface area contributed by atoms with Gasteiger partial charge in [-0.3, -0.25) is 10.7 Å². The van der Waals surface area contributed by atoms with Gasteiger partial charge in [0.15, 0.2) is 21.5 Å². The van der Waals surface area contributed by atoms with E-state index in [1.807, 2.05) is 0 Å². The Hall–Kier alpha value is -3.39. The minimum Gasteiger partial charge on any atom is -0.290 e. The lowest BCUT2D eigenvalue weighted by Crippen LogP contribution is -2.25. The average Bonchev–Trinajstić information content (AvgIpc) is 3.26. The Labute approximate surface area is 168 Å². The van der Waals surface area contributed by atoms with Crippen LogP contribution in [-0.2, 0) is 16.0 Å². The van der Waals surface area contributed by atoms with Crippen molar-refractivity contribution >= 4 is 21.5 Å². The third-order valence-electron chi connectivity index (χ3n) is 3.83. The maximum Gasteiger partial charge on any atom is 0.417 e. The Morgan fingerprint density at radius 3 is 2.43 bits per heavy atom. The first-order valence-electron chi connectivity index (χ1n) is 8.27. The summed E-state index contributed by atoms with van der Waals surface area (Å²) in [4.78, 5) is 12.3. The second kappa shape index (κ2) is 8.16. The van der Waals surface area contributed by atoms with Crippen molar-refractivity contribution in [1.82, 2.24) is 30.4 Å². The fraction of sp³-hybridized carbons (Fsp3) is 0.188. The largest absolute Gasteiger partial charge is 0.417 e. The Bertz CT molecular complexity index is 1160. The van der Waals surface area contributed by atoms with Crippen LogP contribution in [0.5, 0.6) is 0 Å². The normalized spacial score (nSPS) is 12.8. The lowest BCUT2D eigenvalue weighted by molar-refractivity contribution is -0.137. The topological polar surface area (TPSA) is 135 Å². The Morgan fingerprint density at radius 2 is 1.90 bits per heavy atom. The molecule has 0 aliphatic rings. The van der Waals surface area contributed by atoms with Crippen LogP contribution in [0.4, 0.5) is 19.0 Å². The molecule has 0 amide bonds. The van der Waals surface area contributed by atoms with Crippen molar-refractivity contribution in [1.29, 1.82) is 0 Å². The van der Waals surface area contributed by atoms with E-state index in [2.05, 4.69) is 25.2 Å². The van der Waals surface area contributed by atoms with E-state index in [9.17, 15) is 26.8 Å². The number of alkyl halides is 3. The molecule has 0 aromatic carbocycles. The van der Waals surface area contributed by atoms with E-state index >= 15 is 0 Å². The van der Waals surface area contributed by atoms with Crippen molar-refractivity contribution in [2.24, 2.45) is 4.99 Å². The van der Waals surface area contributed by atoms with Crippen LogP contribution in [0, 0.1) is 0 Å². The first kappa shape index (κ1) is 21.3. The highest BCUT2D eigenvalue weighted by Gasteiger charge is 2.30. The molecule has 30 heavy (non-hydrogen) atoms. The van der Waals surface area contributed by atoms with Gasteiger partial charge in [-0.2, -0.15) is 28.2 Å². The molecule has 0 fully saturated rings. The number of nitrogens with zero attached hydrogens (tertiary/aromatic N) is 6. The first-order chi connectivity index (χ1) is 14.2. The molecule has 10 nitrogen and oxygen atoms in total. The first-order valence-corrected chi connectivity index (χ1v) is 9.93. The number of aromatic nitrogens is 5. The van der Waals surface area contributed by atoms with Crippen molar-refractivity contribution in [3.8, 4) is 5.69 Å². The summed E-state index contributed by atoms with van der Waals surface area (Å²) in [5.74, 6) is -0.914. The fourth-order valence-corrected chi connectivity index (χ4v) is 3.38. The van der Waals surface area contributed by atoms with Crippen molar-refractivity contribution in [3.05, 3.63) is 54.2 Å². The van der Waals surface area contributed by atoms with Crippen LogP contribution in [0.15, 0.2) is 52.9 Å². The van der Waals surface area contributed by atoms with E-state index in [0.29, 0.717) is 6.20 Å². The van der Waals surface area contributed by atoms with Crippen molar-refractivity contribution in [2.45, 2.75) is 18.0 Å². The van der Waals surface area contributed by atoms with E-state index in [1.54, 1.807) is 5.48 Å². The van der Waals surface area contributed by atoms with Gasteiger partial charge >= 0.3 is 6.18 Å². The van der Waals surface area contributed by atoms with Crippen LogP contribution in [0.3, 0.4) is 0 Å². The maximum atomic E-state index is 12.7. The van der Waals surface area contributed by atoms with Crippen LogP contribution in [0.1, 0.15) is 18.2 Å². The highest BCUT2D eigenvalue weighted by molar-refractivity contribution is 7.91. The zero-order chi connectivity index (χ0) is 21.9. The Kier molecular flexibility index (Phi) is 5.80. The van der Waals surface area contributed by atoms with Gasteiger partial charge in [0.1, 0.15) is 11.4 Å². The van der Waals surface area contributed by atoms with Crippen LogP contribution >= 0.6 is 0 Å². The second-order valence-electron chi connectivity index (χ2n) is 5.74. The summed E-state index contributed by atoms with van der Waals surface area (Å²) in [6, 6.07) is 2.97. The van der Waals surface area contributed by atoms with E-state index in [-0.39, 0.29) is 27.8 Å². The smallest absolute Gasteiger partial charge is 0.290 e. The summed E-state index contributed by atoms with van der Waals surface area (Å²) in [5, 5.41) is 17.3. The molecule has 3 rings (SSSR count). The molecule has 2 N–H and O–H groups in total. The van der Waals surface area contributed by atoms with Gasteiger partial charge < -0.3 is 0 Å². The molecular weight excluding hydrogens is 427 g/mol. The van der Waals surface area contributed by atoms with Gasteiger partial charge in [-0.1, -0.05) is 6.92 Å². The third kappa shape index (κ3) is 4.44. The molecule has 0 radical (unpaired) electrons. The summed E-state index contributed by atoms with van der Waals surface area (Å²) >= 11 is 0. The van der Waals surface area contributed by atoms with Gasteiger partial charge in [-0.25, -0.2) is 23.4 Å². The highest BCUT2D eigenvalue weighted by atomic mass is 32.2. The standard InChI is InChI=1S/C16H14F3N7O3S/c1-2-30(28,29)12-7-11(26-22-5-6-23-26)9-21-14(12)15(25-27)24-13-4-3-10(8-20-13)16(17,18)19/h3-9,27H,2H2,1H3,(H,20,24,25). The minimum atomic E-state index is -4.58. The molecule has 158 valence electrons. The molecule has 14 heteroatoms. The maximum absolute atomic E-state index is 12.7. The van der Waals surface area contributed by atoms with Gasteiger partial charge in [0.25, 0.3) is 0 Å². The number of aliphatic imine (C=N–C) groups is 1. The number of hydroxylamine groups is 1. The summed E-state index contributed by atoms with van der Waals surface area (Å²) in [5.41, 5.74) is 0.726. The number of sulfone groups is 1. The van der Waals surface area contributed by atoms with Crippen molar-refractivity contribution in [2.75, 3.05) is 5.75 Å². The number of rotatable bonds is 5. The predicted molar refractivity (Wildman–Crippen MR) is 97.2 cm³/mol. The average molecular weight is 441 g/mol. The van der Waals surface area contributed by atoms with Crippen molar-refractivity contribution in [3.63, 3.8) is 0 Å². The lowest BCUT2D eigenvalue weighted by atomic mass is 10.3. The third-order valence-corrected chi connectivity index (χ3v) is 5.58. The summed E-state index contributed by atoms with van der Waals surface area (Å²) in [6.07, 6.45) is 0.0167. The molecule has 0 atom stereocenters. The molecule has 0 aliphatic carbocycles. The van der Waals surface area contributed by atoms with Crippen molar-refractivity contribution < 1.29 is 26.8 Å². The number of halogens is 3.